The van der Waals surface area contributed by atoms with Crippen molar-refractivity contribution in [3.8, 4) is 0 Å². The summed E-state index contributed by atoms with van der Waals surface area (Å²) in [4.78, 5) is 25.4. The molecule has 1 unspecified atom stereocenters. The molecule has 4 nitrogen and oxygen atoms in total. The van der Waals surface area contributed by atoms with E-state index in [0.717, 1.165) is 11.0 Å². The molecule has 1 aliphatic rings. The smallest absolute Gasteiger partial charge is 0.417 e. The Morgan fingerprint density at radius 2 is 2.00 bits per heavy atom. The zero-order valence-electron chi connectivity index (χ0n) is 11.7. The van der Waals surface area contributed by atoms with Gasteiger partial charge < -0.3 is 4.74 Å². The van der Waals surface area contributed by atoms with E-state index in [2.05, 4.69) is 15.9 Å². The molecule has 2 amide bonds. The maximum Gasteiger partial charge on any atom is 0.417 e. The lowest BCUT2D eigenvalue weighted by molar-refractivity contribution is 0.0203. The summed E-state index contributed by atoms with van der Waals surface area (Å²) < 4.78 is 19.0. The van der Waals surface area contributed by atoms with Crippen LogP contribution in [0.1, 0.15) is 49.7 Å². The summed E-state index contributed by atoms with van der Waals surface area (Å²) in [6.45, 7) is 6.87. The van der Waals surface area contributed by atoms with E-state index in [9.17, 15) is 14.0 Å². The molecule has 0 saturated carbocycles. The van der Waals surface area contributed by atoms with Gasteiger partial charge in [-0.1, -0.05) is 0 Å². The van der Waals surface area contributed by atoms with Crippen molar-refractivity contribution in [1.82, 2.24) is 4.90 Å². The maximum atomic E-state index is 13.5. The van der Waals surface area contributed by atoms with E-state index < -0.39 is 29.5 Å². The highest BCUT2D eigenvalue weighted by Gasteiger charge is 2.41. The monoisotopic (exact) mass is 343 g/mol. The third-order valence-corrected chi connectivity index (χ3v) is 3.58. The molecule has 1 heterocycles. The van der Waals surface area contributed by atoms with Crippen molar-refractivity contribution >= 4 is 27.9 Å². The second-order valence-electron chi connectivity index (χ2n) is 5.69. The first-order valence-corrected chi connectivity index (χ1v) is 6.96. The SMILES string of the molecule is CC1c2cc(Br)c(F)cc2C(=O)N1C(=O)OC(C)(C)C. The van der Waals surface area contributed by atoms with E-state index in [0.29, 0.717) is 5.56 Å². The van der Waals surface area contributed by atoms with Gasteiger partial charge in [0.1, 0.15) is 11.4 Å². The third kappa shape index (κ3) is 2.57. The Morgan fingerprint density at radius 1 is 1.40 bits per heavy atom. The molecule has 0 fully saturated rings. The van der Waals surface area contributed by atoms with Crippen LogP contribution in [0, 0.1) is 5.82 Å². The molecule has 0 aliphatic carbocycles. The summed E-state index contributed by atoms with van der Waals surface area (Å²) in [5, 5.41) is 0. The molecule has 1 atom stereocenters. The Morgan fingerprint density at radius 3 is 2.55 bits per heavy atom. The molecule has 2 rings (SSSR count). The molecular weight excluding hydrogens is 329 g/mol. The molecule has 0 saturated heterocycles. The normalized spacial score (nSPS) is 18.2. The molecule has 1 aliphatic heterocycles. The van der Waals surface area contributed by atoms with E-state index in [1.54, 1.807) is 27.7 Å². The van der Waals surface area contributed by atoms with Crippen LogP contribution in [0.5, 0.6) is 0 Å². The van der Waals surface area contributed by atoms with Gasteiger partial charge in [0.15, 0.2) is 0 Å². The number of fused-ring (bicyclic) bond motifs is 1. The highest BCUT2D eigenvalue weighted by Crippen LogP contribution is 2.37. The number of ether oxygens (including phenoxy) is 1. The molecule has 1 aromatic rings. The number of halogens is 2. The van der Waals surface area contributed by atoms with Crippen LogP contribution in [0.25, 0.3) is 0 Å². The summed E-state index contributed by atoms with van der Waals surface area (Å²) in [7, 11) is 0. The van der Waals surface area contributed by atoms with E-state index in [4.69, 9.17) is 4.74 Å². The summed E-state index contributed by atoms with van der Waals surface area (Å²) >= 11 is 3.08. The van der Waals surface area contributed by atoms with Crippen molar-refractivity contribution in [2.75, 3.05) is 0 Å². The van der Waals surface area contributed by atoms with Crippen LogP contribution in [0.4, 0.5) is 9.18 Å². The van der Waals surface area contributed by atoms with Gasteiger partial charge in [-0.15, -0.1) is 0 Å². The van der Waals surface area contributed by atoms with Crippen LogP contribution >= 0.6 is 15.9 Å². The van der Waals surface area contributed by atoms with Crippen LogP contribution in [-0.4, -0.2) is 22.5 Å². The molecule has 0 spiro atoms. The fraction of sp³-hybridized carbons (Fsp3) is 0.429. The highest BCUT2D eigenvalue weighted by atomic mass is 79.9. The predicted molar refractivity (Wildman–Crippen MR) is 74.9 cm³/mol. The van der Waals surface area contributed by atoms with Gasteiger partial charge in [-0.25, -0.2) is 14.1 Å². The number of amides is 2. The van der Waals surface area contributed by atoms with Crippen LogP contribution in [0.15, 0.2) is 16.6 Å². The van der Waals surface area contributed by atoms with Crippen LogP contribution in [-0.2, 0) is 4.74 Å². The third-order valence-electron chi connectivity index (χ3n) is 2.97. The minimum absolute atomic E-state index is 0.198. The lowest BCUT2D eigenvalue weighted by atomic mass is 10.1. The number of imide groups is 1. The van der Waals surface area contributed by atoms with Gasteiger partial charge in [0.05, 0.1) is 10.5 Å². The molecule has 0 bridgehead atoms. The number of carbonyl (C=O) groups excluding carboxylic acids is 2. The number of nitrogens with zero attached hydrogens (tertiary/aromatic N) is 1. The van der Waals surface area contributed by atoms with E-state index >= 15 is 0 Å². The first kappa shape index (κ1) is 15.0. The average molecular weight is 344 g/mol. The van der Waals surface area contributed by atoms with Crippen molar-refractivity contribution in [3.05, 3.63) is 33.5 Å². The lowest BCUT2D eigenvalue weighted by Crippen LogP contribution is -2.38. The standard InChI is InChI=1S/C14H15BrFNO3/c1-7-8-5-10(15)11(16)6-9(8)12(18)17(7)13(19)20-14(2,3)4/h5-7H,1-4H3. The Hall–Kier alpha value is -1.43. The van der Waals surface area contributed by atoms with E-state index in [1.807, 2.05) is 0 Å². The van der Waals surface area contributed by atoms with Crippen molar-refractivity contribution in [2.24, 2.45) is 0 Å². The quantitative estimate of drug-likeness (QED) is 0.714. The first-order valence-electron chi connectivity index (χ1n) is 6.17. The highest BCUT2D eigenvalue weighted by molar-refractivity contribution is 9.10. The van der Waals surface area contributed by atoms with Gasteiger partial charge in [-0.2, -0.15) is 0 Å². The minimum atomic E-state index is -0.720. The molecule has 6 heteroatoms. The van der Waals surface area contributed by atoms with Gasteiger partial charge >= 0.3 is 6.09 Å². The number of benzene rings is 1. The van der Waals surface area contributed by atoms with Gasteiger partial charge in [0, 0.05) is 5.56 Å². The van der Waals surface area contributed by atoms with Gasteiger partial charge in [-0.3, -0.25) is 4.79 Å². The fourth-order valence-electron chi connectivity index (χ4n) is 2.09. The molecule has 0 N–H and O–H groups in total. The van der Waals surface area contributed by atoms with Crippen LogP contribution in [0.2, 0.25) is 0 Å². The van der Waals surface area contributed by atoms with Crippen LogP contribution < -0.4 is 0 Å². The van der Waals surface area contributed by atoms with Crippen molar-refractivity contribution in [2.45, 2.75) is 39.3 Å². The summed E-state index contributed by atoms with van der Waals surface area (Å²) in [5.74, 6) is -1.07. The number of rotatable bonds is 0. The van der Waals surface area contributed by atoms with E-state index in [-0.39, 0.29) is 10.0 Å². The van der Waals surface area contributed by atoms with Gasteiger partial charge in [0.25, 0.3) is 5.91 Å². The second kappa shape index (κ2) is 4.84. The zero-order valence-corrected chi connectivity index (χ0v) is 13.2. The second-order valence-corrected chi connectivity index (χ2v) is 6.54. The van der Waals surface area contributed by atoms with E-state index in [1.165, 1.54) is 6.07 Å². The van der Waals surface area contributed by atoms with Crippen molar-refractivity contribution < 1.29 is 18.7 Å². The molecule has 108 valence electrons. The Labute approximate surface area is 125 Å². The molecule has 20 heavy (non-hydrogen) atoms. The molecule has 1 aromatic carbocycles. The first-order chi connectivity index (χ1) is 9.11. The zero-order chi connectivity index (χ0) is 15.2. The average Bonchev–Trinajstić information content (AvgIpc) is 2.51. The predicted octanol–water partition coefficient (Wildman–Crippen LogP) is 4.04. The Kier molecular flexibility index (Phi) is 3.62. The lowest BCUT2D eigenvalue weighted by Gasteiger charge is -2.25. The fourth-order valence-corrected chi connectivity index (χ4v) is 2.45. The van der Waals surface area contributed by atoms with Crippen molar-refractivity contribution in [3.63, 3.8) is 0 Å². The van der Waals surface area contributed by atoms with Gasteiger partial charge in [0.2, 0.25) is 0 Å². The largest absolute Gasteiger partial charge is 0.443 e. The number of carbonyl (C=O) groups is 2. The summed E-state index contributed by atoms with van der Waals surface area (Å²) in [6, 6.07) is 2.18. The maximum absolute atomic E-state index is 13.5. The topological polar surface area (TPSA) is 46.6 Å². The molecule has 0 radical (unpaired) electrons. The van der Waals surface area contributed by atoms with Gasteiger partial charge in [-0.05, 0) is 61.3 Å². The number of hydrogen-bond acceptors (Lipinski definition) is 3. The molecular formula is C14H15BrFNO3. The number of hydrogen-bond donors (Lipinski definition) is 0. The minimum Gasteiger partial charge on any atom is -0.443 e. The Balaban J connectivity index is 2.37. The van der Waals surface area contributed by atoms with Crippen LogP contribution in [0.3, 0.4) is 0 Å². The van der Waals surface area contributed by atoms with Crippen molar-refractivity contribution in [1.29, 1.82) is 0 Å². The Bertz CT molecular complexity index is 595. The summed E-state index contributed by atoms with van der Waals surface area (Å²) in [6.07, 6.45) is -0.720. The summed E-state index contributed by atoms with van der Waals surface area (Å²) in [5.41, 5.74) is 0.107. The molecule has 0 aromatic heterocycles.